The molecule has 22 aromatic rings. The topological polar surface area (TPSA) is 187 Å². The van der Waals surface area contributed by atoms with E-state index in [1.54, 1.807) is 18.5 Å². The van der Waals surface area contributed by atoms with Crippen molar-refractivity contribution in [2.75, 3.05) is 19.0 Å². The number of fused-ring (bicyclic) bond motifs is 7. The molecule has 0 aliphatic carbocycles. The van der Waals surface area contributed by atoms with Gasteiger partial charge >= 0.3 is 0 Å². The molecule has 0 atom stereocenters. The summed E-state index contributed by atoms with van der Waals surface area (Å²) >= 11 is 12.1. The van der Waals surface area contributed by atoms with E-state index in [1.807, 2.05) is 269 Å². The van der Waals surface area contributed by atoms with E-state index in [0.29, 0.717) is 10.2 Å². The summed E-state index contributed by atoms with van der Waals surface area (Å²) in [7, 11) is 4.10. The normalized spacial score (nSPS) is 11.3. The van der Waals surface area contributed by atoms with Crippen molar-refractivity contribution in [2.24, 2.45) is 0 Å². The summed E-state index contributed by atoms with van der Waals surface area (Å²) in [6, 6.07) is 95.2. The minimum atomic E-state index is -0.502. The highest BCUT2D eigenvalue weighted by Crippen LogP contribution is 2.37. The Bertz CT molecular complexity index is 7870. The summed E-state index contributed by atoms with van der Waals surface area (Å²) < 4.78 is 52.3. The van der Waals surface area contributed by atoms with Gasteiger partial charge in [0.05, 0.1) is 101 Å². The van der Waals surface area contributed by atoms with E-state index in [2.05, 4.69) is 227 Å². The molecule has 0 N–H and O–H groups in total. The van der Waals surface area contributed by atoms with Crippen molar-refractivity contribution in [2.45, 2.75) is 99.8 Å². The molecule has 0 aliphatic heterocycles. The van der Waals surface area contributed by atoms with Crippen LogP contribution >= 0.6 is 23.2 Å². The molecule has 139 heavy (non-hydrogen) atoms. The minimum Gasteiger partial charge on any atom is -0.491 e. The first-order valence-corrected chi connectivity index (χ1v) is 46.8. The monoisotopic (exact) mass is 1870 g/mol. The molecule has 22 rings (SSSR count). The highest BCUT2D eigenvalue weighted by Gasteiger charge is 2.18. The Hall–Kier alpha value is -16.4. The number of benzene rings is 8. The molecular weight excluding hydrogens is 1770 g/mol. The van der Waals surface area contributed by atoms with Crippen molar-refractivity contribution in [3.63, 3.8) is 0 Å². The second kappa shape index (κ2) is 41.9. The molecule has 8 aromatic carbocycles. The average molecular weight is 1880 g/mol. The van der Waals surface area contributed by atoms with E-state index in [9.17, 15) is 4.39 Å². The molecule has 0 amide bonds. The highest BCUT2D eigenvalue weighted by molar-refractivity contribution is 6.31. The van der Waals surface area contributed by atoms with Crippen molar-refractivity contribution in [1.29, 1.82) is 0 Å². The lowest BCUT2D eigenvalue weighted by Crippen LogP contribution is -2.07. The zero-order valence-corrected chi connectivity index (χ0v) is 80.5. The number of ether oxygens (including phenoxy) is 5. The van der Waals surface area contributed by atoms with Gasteiger partial charge in [-0.15, -0.1) is 0 Å². The molecule has 20 nitrogen and oxygen atoms in total. The largest absolute Gasteiger partial charge is 0.491 e. The van der Waals surface area contributed by atoms with Gasteiger partial charge in [0.2, 0.25) is 5.95 Å². The summed E-state index contributed by atoms with van der Waals surface area (Å²) in [5.41, 5.74) is 28.8. The maximum absolute atomic E-state index is 13.4. The van der Waals surface area contributed by atoms with Gasteiger partial charge in [-0.1, -0.05) is 114 Å². The van der Waals surface area contributed by atoms with E-state index in [-0.39, 0.29) is 30.5 Å². The smallest absolute Gasteiger partial charge is 0.213 e. The van der Waals surface area contributed by atoms with Gasteiger partial charge in [0, 0.05) is 125 Å². The molecule has 0 aliphatic rings. The molecule has 14 aromatic heterocycles. The van der Waals surface area contributed by atoms with Crippen molar-refractivity contribution in [1.82, 2.24) is 66.9 Å². The van der Waals surface area contributed by atoms with Crippen LogP contribution in [0.3, 0.4) is 0 Å². The van der Waals surface area contributed by atoms with Gasteiger partial charge in [0.15, 0.2) is 0 Å². The summed E-state index contributed by atoms with van der Waals surface area (Å²) in [6.45, 7) is 20.2. The van der Waals surface area contributed by atoms with Crippen LogP contribution < -0.4 is 28.6 Å². The van der Waals surface area contributed by atoms with Crippen LogP contribution in [0.5, 0.6) is 28.7 Å². The van der Waals surface area contributed by atoms with Gasteiger partial charge in [-0.25, -0.2) is 34.9 Å². The molecule has 0 saturated heterocycles. The minimum absolute atomic E-state index is 0.151. The van der Waals surface area contributed by atoms with E-state index in [0.717, 1.165) is 191 Å². The number of nitrogens with zero attached hydrogens (tertiary/aromatic N) is 15. The van der Waals surface area contributed by atoms with Gasteiger partial charge in [-0.05, 0) is 313 Å². The molecule has 0 spiro atoms. The predicted octanol–water partition coefficient (Wildman–Crippen LogP) is 28.7. The Kier molecular flexibility index (Phi) is 28.0. The second-order valence-electron chi connectivity index (χ2n) is 35.0. The van der Waals surface area contributed by atoms with Crippen LogP contribution in [-0.2, 0) is 0 Å². The van der Waals surface area contributed by atoms with Gasteiger partial charge in [-0.3, -0.25) is 32.0 Å². The Labute approximate surface area is 815 Å². The summed E-state index contributed by atoms with van der Waals surface area (Å²) in [5.74, 6) is 3.89. The fraction of sp³-hybridized carbons (Fsp3) is 0.147. The van der Waals surface area contributed by atoms with Crippen molar-refractivity contribution >= 4 is 78.9 Å². The molecule has 0 saturated carbocycles. The van der Waals surface area contributed by atoms with Crippen LogP contribution in [0, 0.1) is 5.95 Å². The van der Waals surface area contributed by atoms with E-state index in [4.69, 9.17) is 46.9 Å². The number of rotatable bonds is 21. The van der Waals surface area contributed by atoms with E-state index >= 15 is 0 Å². The van der Waals surface area contributed by atoms with E-state index in [1.165, 1.54) is 18.0 Å². The van der Waals surface area contributed by atoms with Crippen molar-refractivity contribution in [3.8, 4) is 141 Å². The Balaban J connectivity index is 0.000000115. The summed E-state index contributed by atoms with van der Waals surface area (Å²) in [4.78, 5) is 41.5. The third-order valence-corrected chi connectivity index (χ3v) is 23.4. The predicted molar refractivity (Wildman–Crippen MR) is 560 cm³/mol. The molecule has 692 valence electrons. The van der Waals surface area contributed by atoms with Crippen molar-refractivity contribution in [3.05, 3.63) is 388 Å². The number of imidazole rings is 5. The van der Waals surface area contributed by atoms with Crippen LogP contribution in [0.1, 0.15) is 69.2 Å². The zero-order chi connectivity index (χ0) is 96.3. The number of aromatic nitrogens is 14. The average Bonchev–Trinajstić information content (AvgIpc) is 1.65. The molecular formula is C116H102Cl2FN15O5. The number of halogens is 3. The van der Waals surface area contributed by atoms with Gasteiger partial charge in [0.1, 0.15) is 62.1 Å². The lowest BCUT2D eigenvalue weighted by Gasteiger charge is -2.12. The first-order valence-electron chi connectivity index (χ1n) is 46.1. The fourth-order valence-electron chi connectivity index (χ4n) is 16.5. The number of anilines is 1. The Morgan fingerprint density at radius 2 is 0.590 bits per heavy atom. The Morgan fingerprint density at radius 3 is 0.957 bits per heavy atom. The highest BCUT2D eigenvalue weighted by atomic mass is 35.5. The number of hydrogen-bond donors (Lipinski definition) is 0. The SMILES string of the molecule is CC(C)Oc1ccc(-c2ccn3c(-c4ccc(N(C)C)cc4)cnc3c2)cc1.CC(C)Oc1ccc(-c2ccn3c(-c4ccc5ncccc5c4)cnc3c2)cc1.CC(C)Oc1ccc(-c2ccn3c(-c4ccnc(Cl)c4)cnc3c2)cc1.CC(C)Oc1ccc(-c2ccn3c(-c4ccnc(F)c4)cnc3c2)cc1.CC(C)Oc1ccc(-c2ccn3c(-c4ccnc5cc(Cl)ccc45)cnc3c2)cc1. The van der Waals surface area contributed by atoms with Gasteiger partial charge < -0.3 is 28.6 Å². The third kappa shape index (κ3) is 22.1. The molecule has 0 radical (unpaired) electrons. The summed E-state index contributed by atoms with van der Waals surface area (Å²) in [5, 5.41) is 3.33. The standard InChI is InChI=1S/C25H20ClN3O.C25H21N3O.C24H25N3O.C21H18ClN3O.C21H18FN3O/c1-16(2)30-20-6-3-17(4-7-20)18-10-12-29-24(15-28-25(29)13-18)22-9-11-27-23-14-19(26)5-8-21(22)23;1-17(2)29-22-8-5-18(6-9-22)19-11-13-28-24(16-27-25(28)15-19)21-7-10-23-20(14-21)4-3-12-26-23;1-17(2)28-22-11-7-18(8-12-22)20-13-14-27-23(16-25-24(27)15-20)19-5-9-21(10-6-19)26(3)4;2*1-14(2)26-18-5-3-15(4-6-18)16-8-10-25-19(13-24-21(25)12-16)17-7-9-23-20(22)11-17/h3-16H,1-2H3;3-17H,1-2H3;5-17H,1-4H3;2*3-14H,1-2H3. The van der Waals surface area contributed by atoms with Crippen LogP contribution in [-0.4, -0.2) is 111 Å². The van der Waals surface area contributed by atoms with Crippen LogP contribution in [0.4, 0.5) is 10.1 Å². The first-order chi connectivity index (χ1) is 67.5. The van der Waals surface area contributed by atoms with E-state index < -0.39 is 5.95 Å². The maximum Gasteiger partial charge on any atom is 0.213 e. The summed E-state index contributed by atoms with van der Waals surface area (Å²) in [6.07, 6.45) is 27.2. The molecule has 0 bridgehead atoms. The lowest BCUT2D eigenvalue weighted by atomic mass is 10.1. The quantitative estimate of drug-likeness (QED) is 0.0618. The van der Waals surface area contributed by atoms with Crippen LogP contribution in [0.15, 0.2) is 372 Å². The third-order valence-electron chi connectivity index (χ3n) is 23.0. The second-order valence-corrected chi connectivity index (χ2v) is 35.8. The molecule has 0 fully saturated rings. The van der Waals surface area contributed by atoms with Crippen LogP contribution in [0.25, 0.3) is 162 Å². The zero-order valence-electron chi connectivity index (χ0n) is 79.0. The molecule has 14 heterocycles. The molecule has 0 unspecified atom stereocenters. The van der Waals surface area contributed by atoms with Crippen molar-refractivity contribution < 1.29 is 28.1 Å². The first kappa shape index (κ1) is 93.1. The van der Waals surface area contributed by atoms with Gasteiger partial charge in [-0.2, -0.15) is 4.39 Å². The lowest BCUT2D eigenvalue weighted by molar-refractivity contribution is 0.242. The number of pyridine rings is 9. The Morgan fingerprint density at radius 1 is 0.266 bits per heavy atom. The number of hydrogen-bond acceptors (Lipinski definition) is 15. The molecule has 23 heteroatoms. The maximum atomic E-state index is 13.4. The van der Waals surface area contributed by atoms with Crippen LogP contribution in [0.2, 0.25) is 10.2 Å². The fourth-order valence-corrected chi connectivity index (χ4v) is 16.8. The van der Waals surface area contributed by atoms with Gasteiger partial charge in [0.25, 0.3) is 0 Å².